The number of ether oxygens (including phenoxy) is 2. The zero-order valence-electron chi connectivity index (χ0n) is 10.7. The number of thioether (sulfide) groups is 1. The first-order chi connectivity index (χ1) is 8.88. The minimum absolute atomic E-state index is 0.437. The van der Waals surface area contributed by atoms with Gasteiger partial charge in [0.1, 0.15) is 0 Å². The highest BCUT2D eigenvalue weighted by Gasteiger charge is 2.22. The summed E-state index contributed by atoms with van der Waals surface area (Å²) < 4.78 is 11.6. The smallest absolute Gasteiger partial charge is 0.162 e. The van der Waals surface area contributed by atoms with Crippen molar-refractivity contribution >= 4 is 11.8 Å². The molecular formula is C14H19NO2S. The Hall–Kier alpha value is -0.870. The molecule has 0 radical (unpaired) electrons. The largest absolute Gasteiger partial charge is 0.490 e. The Morgan fingerprint density at radius 1 is 1.17 bits per heavy atom. The van der Waals surface area contributed by atoms with Crippen LogP contribution in [0.5, 0.6) is 11.5 Å². The van der Waals surface area contributed by atoms with Crippen LogP contribution in [-0.2, 0) is 0 Å². The van der Waals surface area contributed by atoms with Gasteiger partial charge in [-0.1, -0.05) is 0 Å². The summed E-state index contributed by atoms with van der Waals surface area (Å²) in [4.78, 5) is 1.34. The Kier molecular flexibility index (Phi) is 3.66. The minimum Gasteiger partial charge on any atom is -0.490 e. The number of hydrogen-bond donors (Lipinski definition) is 1. The second-order valence-corrected chi connectivity index (χ2v) is 5.86. The quantitative estimate of drug-likeness (QED) is 0.845. The summed E-state index contributed by atoms with van der Waals surface area (Å²) in [5.41, 5.74) is 1.37. The Morgan fingerprint density at radius 3 is 2.72 bits per heavy atom. The SMILES string of the molecule is CNC1CCCSc2cc3c(cc21)OCCCO3. The maximum Gasteiger partial charge on any atom is 0.162 e. The molecule has 0 bridgehead atoms. The maximum atomic E-state index is 5.79. The van der Waals surface area contributed by atoms with Crippen LogP contribution >= 0.6 is 11.8 Å². The highest BCUT2D eigenvalue weighted by Crippen LogP contribution is 2.42. The Bertz CT molecular complexity index is 436. The molecule has 98 valence electrons. The maximum absolute atomic E-state index is 5.79. The number of benzene rings is 1. The first-order valence-corrected chi connectivity index (χ1v) is 7.60. The monoisotopic (exact) mass is 265 g/mol. The van der Waals surface area contributed by atoms with Crippen LogP contribution in [0.25, 0.3) is 0 Å². The van der Waals surface area contributed by atoms with Gasteiger partial charge in [0.2, 0.25) is 0 Å². The second-order valence-electron chi connectivity index (χ2n) is 4.72. The summed E-state index contributed by atoms with van der Waals surface area (Å²) in [5, 5.41) is 3.41. The zero-order valence-corrected chi connectivity index (χ0v) is 11.5. The van der Waals surface area contributed by atoms with Gasteiger partial charge in [-0.2, -0.15) is 0 Å². The lowest BCUT2D eigenvalue weighted by Gasteiger charge is -2.18. The van der Waals surface area contributed by atoms with Crippen LogP contribution in [0.4, 0.5) is 0 Å². The van der Waals surface area contributed by atoms with Crippen LogP contribution in [0.3, 0.4) is 0 Å². The Labute approximate surface area is 112 Å². The molecule has 2 aliphatic rings. The molecule has 0 amide bonds. The van der Waals surface area contributed by atoms with Crippen LogP contribution in [-0.4, -0.2) is 26.0 Å². The molecule has 2 aliphatic heterocycles. The first kappa shape index (κ1) is 12.2. The van der Waals surface area contributed by atoms with Crippen molar-refractivity contribution in [2.45, 2.75) is 30.2 Å². The molecule has 0 aromatic heterocycles. The van der Waals surface area contributed by atoms with Gasteiger partial charge in [-0.25, -0.2) is 0 Å². The molecule has 18 heavy (non-hydrogen) atoms. The van der Waals surface area contributed by atoms with Crippen molar-refractivity contribution in [2.75, 3.05) is 26.0 Å². The van der Waals surface area contributed by atoms with Crippen molar-refractivity contribution in [1.82, 2.24) is 5.32 Å². The van der Waals surface area contributed by atoms with Gasteiger partial charge in [-0.05, 0) is 43.3 Å². The van der Waals surface area contributed by atoms with E-state index in [0.29, 0.717) is 6.04 Å². The van der Waals surface area contributed by atoms with Crippen molar-refractivity contribution in [3.8, 4) is 11.5 Å². The van der Waals surface area contributed by atoms with E-state index in [2.05, 4.69) is 17.4 Å². The van der Waals surface area contributed by atoms with E-state index in [0.717, 1.165) is 31.1 Å². The highest BCUT2D eigenvalue weighted by molar-refractivity contribution is 7.99. The van der Waals surface area contributed by atoms with Gasteiger partial charge in [0.25, 0.3) is 0 Å². The molecular weight excluding hydrogens is 246 g/mol. The lowest BCUT2D eigenvalue weighted by Crippen LogP contribution is -2.16. The van der Waals surface area contributed by atoms with Gasteiger partial charge in [0.15, 0.2) is 11.5 Å². The molecule has 0 saturated carbocycles. The lowest BCUT2D eigenvalue weighted by molar-refractivity contribution is 0.296. The van der Waals surface area contributed by atoms with E-state index in [1.165, 1.54) is 29.1 Å². The molecule has 1 aromatic carbocycles. The fourth-order valence-electron chi connectivity index (χ4n) is 2.53. The van der Waals surface area contributed by atoms with E-state index in [9.17, 15) is 0 Å². The van der Waals surface area contributed by atoms with E-state index in [4.69, 9.17) is 9.47 Å². The van der Waals surface area contributed by atoms with Crippen LogP contribution in [0.1, 0.15) is 30.9 Å². The van der Waals surface area contributed by atoms with Crippen LogP contribution in [0.15, 0.2) is 17.0 Å². The topological polar surface area (TPSA) is 30.5 Å². The number of hydrogen-bond acceptors (Lipinski definition) is 4. The average molecular weight is 265 g/mol. The normalized spacial score (nSPS) is 22.8. The summed E-state index contributed by atoms with van der Waals surface area (Å²) in [7, 11) is 2.04. The van der Waals surface area contributed by atoms with E-state index in [1.54, 1.807) is 0 Å². The molecule has 1 aromatic rings. The van der Waals surface area contributed by atoms with Crippen molar-refractivity contribution in [3.63, 3.8) is 0 Å². The summed E-state index contributed by atoms with van der Waals surface area (Å²) >= 11 is 1.93. The molecule has 2 heterocycles. The first-order valence-electron chi connectivity index (χ1n) is 6.62. The third kappa shape index (κ3) is 2.31. The van der Waals surface area contributed by atoms with Gasteiger partial charge < -0.3 is 14.8 Å². The van der Waals surface area contributed by atoms with Crippen LogP contribution in [0, 0.1) is 0 Å². The van der Waals surface area contributed by atoms with Gasteiger partial charge in [0.05, 0.1) is 13.2 Å². The minimum atomic E-state index is 0.437. The van der Waals surface area contributed by atoms with E-state index in [1.807, 2.05) is 18.8 Å². The van der Waals surface area contributed by atoms with Gasteiger partial charge in [0, 0.05) is 17.4 Å². The summed E-state index contributed by atoms with van der Waals surface area (Å²) in [6, 6.07) is 4.78. The van der Waals surface area contributed by atoms with E-state index >= 15 is 0 Å². The fraction of sp³-hybridized carbons (Fsp3) is 0.571. The van der Waals surface area contributed by atoms with Gasteiger partial charge in [-0.3, -0.25) is 0 Å². The van der Waals surface area contributed by atoms with Gasteiger partial charge >= 0.3 is 0 Å². The summed E-state index contributed by atoms with van der Waals surface area (Å²) in [5.74, 6) is 3.01. The Morgan fingerprint density at radius 2 is 1.94 bits per heavy atom. The second kappa shape index (κ2) is 5.41. The number of nitrogens with one attached hydrogen (secondary N) is 1. The third-order valence-electron chi connectivity index (χ3n) is 3.50. The third-order valence-corrected chi connectivity index (χ3v) is 4.66. The molecule has 3 nitrogen and oxygen atoms in total. The molecule has 0 saturated heterocycles. The molecule has 1 atom stereocenters. The van der Waals surface area contributed by atoms with E-state index in [-0.39, 0.29) is 0 Å². The van der Waals surface area contributed by atoms with Crippen LogP contribution < -0.4 is 14.8 Å². The standard InChI is InChI=1S/C14H19NO2S/c1-15-11-4-2-7-18-14-9-13-12(8-10(11)14)16-5-3-6-17-13/h8-9,11,15H,2-7H2,1H3. The summed E-state index contributed by atoms with van der Waals surface area (Å²) in [6.45, 7) is 1.51. The van der Waals surface area contributed by atoms with Crippen molar-refractivity contribution in [1.29, 1.82) is 0 Å². The molecule has 3 rings (SSSR count). The molecule has 0 aliphatic carbocycles. The Balaban J connectivity index is 2.02. The number of rotatable bonds is 1. The van der Waals surface area contributed by atoms with Crippen molar-refractivity contribution < 1.29 is 9.47 Å². The molecule has 0 fully saturated rings. The fourth-order valence-corrected chi connectivity index (χ4v) is 3.62. The average Bonchev–Trinajstić information content (AvgIpc) is 2.73. The van der Waals surface area contributed by atoms with Crippen molar-refractivity contribution in [3.05, 3.63) is 17.7 Å². The predicted molar refractivity (Wildman–Crippen MR) is 73.8 cm³/mol. The van der Waals surface area contributed by atoms with Crippen molar-refractivity contribution in [2.24, 2.45) is 0 Å². The van der Waals surface area contributed by atoms with Gasteiger partial charge in [-0.15, -0.1) is 11.8 Å². The molecule has 1 unspecified atom stereocenters. The molecule has 0 spiro atoms. The molecule has 4 heteroatoms. The zero-order chi connectivity index (χ0) is 12.4. The predicted octanol–water partition coefficient (Wildman–Crippen LogP) is 2.99. The number of fused-ring (bicyclic) bond motifs is 2. The van der Waals surface area contributed by atoms with E-state index < -0.39 is 0 Å². The van der Waals surface area contributed by atoms with Crippen LogP contribution in [0.2, 0.25) is 0 Å². The highest BCUT2D eigenvalue weighted by atomic mass is 32.2. The lowest BCUT2D eigenvalue weighted by atomic mass is 10.0. The summed E-state index contributed by atoms with van der Waals surface area (Å²) in [6.07, 6.45) is 3.40. The molecule has 1 N–H and O–H groups in total.